The number of aliphatic hydroxyl groups excluding tert-OH is 1. The van der Waals surface area contributed by atoms with Gasteiger partial charge >= 0.3 is 0 Å². The molecule has 2 N–H and O–H groups in total. The highest BCUT2D eigenvalue weighted by molar-refractivity contribution is 8.01. The Balaban J connectivity index is 1.70. The molecule has 18 heavy (non-hydrogen) atoms. The summed E-state index contributed by atoms with van der Waals surface area (Å²) in [5.41, 5.74) is 0. The second kappa shape index (κ2) is 7.16. The molecular weight excluding hydrogens is 266 g/mol. The second-order valence-corrected chi connectivity index (χ2v) is 6.92. The molecule has 2 atom stereocenters. The van der Waals surface area contributed by atoms with Crippen molar-refractivity contribution >= 4 is 29.0 Å². The minimum atomic E-state index is 0.108. The quantitative estimate of drug-likeness (QED) is 0.817. The predicted octanol–water partition coefficient (Wildman–Crippen LogP) is 2.51. The normalized spacial score (nSPS) is 23.8. The number of thiophene rings is 1. The van der Waals surface area contributed by atoms with Gasteiger partial charge in [0.25, 0.3) is 0 Å². The molecular formula is C13H19NO2S2. The van der Waals surface area contributed by atoms with Gasteiger partial charge in [-0.1, -0.05) is 12.5 Å². The Morgan fingerprint density at radius 1 is 1.56 bits per heavy atom. The van der Waals surface area contributed by atoms with Crippen LogP contribution in [0.4, 0.5) is 0 Å². The number of hydrogen-bond acceptors (Lipinski definition) is 4. The van der Waals surface area contributed by atoms with E-state index in [-0.39, 0.29) is 18.6 Å². The summed E-state index contributed by atoms with van der Waals surface area (Å²) >= 11 is 3.25. The Morgan fingerprint density at radius 2 is 2.44 bits per heavy atom. The molecule has 1 amide bonds. The molecule has 100 valence electrons. The minimum absolute atomic E-state index is 0.108. The number of carbonyl (C=O) groups excluding carboxylic acids is 1. The van der Waals surface area contributed by atoms with Crippen LogP contribution in [0, 0.1) is 5.92 Å². The van der Waals surface area contributed by atoms with Crippen LogP contribution in [0.25, 0.3) is 0 Å². The van der Waals surface area contributed by atoms with Gasteiger partial charge in [0.05, 0.1) is 9.96 Å². The van der Waals surface area contributed by atoms with Crippen LogP contribution >= 0.6 is 23.1 Å². The van der Waals surface area contributed by atoms with E-state index in [0.29, 0.717) is 11.7 Å². The van der Waals surface area contributed by atoms with Crippen molar-refractivity contribution in [1.29, 1.82) is 0 Å². The van der Waals surface area contributed by atoms with Crippen LogP contribution in [0.5, 0.6) is 0 Å². The van der Waals surface area contributed by atoms with Crippen molar-refractivity contribution < 1.29 is 9.90 Å². The highest BCUT2D eigenvalue weighted by Gasteiger charge is 2.22. The van der Waals surface area contributed by atoms with E-state index in [0.717, 1.165) is 25.7 Å². The third kappa shape index (κ3) is 4.30. The molecule has 1 saturated carbocycles. The van der Waals surface area contributed by atoms with Crippen molar-refractivity contribution in [2.45, 2.75) is 35.9 Å². The fourth-order valence-electron chi connectivity index (χ4n) is 2.34. The van der Waals surface area contributed by atoms with Crippen LogP contribution < -0.4 is 5.32 Å². The Kier molecular flexibility index (Phi) is 5.53. The number of carbonyl (C=O) groups is 1. The predicted molar refractivity (Wildman–Crippen MR) is 76.0 cm³/mol. The molecule has 5 heteroatoms. The van der Waals surface area contributed by atoms with Crippen LogP contribution in [0.3, 0.4) is 0 Å². The lowest BCUT2D eigenvalue weighted by Gasteiger charge is -2.28. The van der Waals surface area contributed by atoms with E-state index in [1.165, 1.54) is 4.21 Å². The first-order valence-corrected chi connectivity index (χ1v) is 8.21. The van der Waals surface area contributed by atoms with Gasteiger partial charge < -0.3 is 10.4 Å². The summed E-state index contributed by atoms with van der Waals surface area (Å²) in [6, 6.07) is 4.29. The lowest BCUT2D eigenvalue weighted by Crippen LogP contribution is -2.39. The first-order chi connectivity index (χ1) is 8.78. The van der Waals surface area contributed by atoms with E-state index in [1.807, 2.05) is 17.5 Å². The monoisotopic (exact) mass is 285 g/mol. The zero-order valence-corrected chi connectivity index (χ0v) is 11.9. The summed E-state index contributed by atoms with van der Waals surface area (Å²) in [4.78, 5) is 11.8. The smallest absolute Gasteiger partial charge is 0.230 e. The molecule has 1 aliphatic carbocycles. The summed E-state index contributed by atoms with van der Waals surface area (Å²) in [7, 11) is 0. The molecule has 2 unspecified atom stereocenters. The zero-order valence-electron chi connectivity index (χ0n) is 10.3. The molecule has 0 aromatic carbocycles. The fourth-order valence-corrected chi connectivity index (χ4v) is 3.94. The summed E-state index contributed by atoms with van der Waals surface area (Å²) in [6.45, 7) is 0.246. The lowest BCUT2D eigenvalue weighted by atomic mass is 9.86. The van der Waals surface area contributed by atoms with Crippen LogP contribution in [0.2, 0.25) is 0 Å². The molecule has 0 bridgehead atoms. The molecule has 0 radical (unpaired) electrons. The molecule has 2 rings (SSSR count). The molecule has 1 heterocycles. The third-order valence-electron chi connectivity index (χ3n) is 3.25. The van der Waals surface area contributed by atoms with Gasteiger partial charge in [0, 0.05) is 12.6 Å². The Labute approximate surface area is 116 Å². The molecule has 3 nitrogen and oxygen atoms in total. The van der Waals surface area contributed by atoms with Gasteiger partial charge in [0.15, 0.2) is 0 Å². The second-order valence-electron chi connectivity index (χ2n) is 4.70. The van der Waals surface area contributed by atoms with Crippen molar-refractivity contribution in [3.05, 3.63) is 17.5 Å². The van der Waals surface area contributed by atoms with E-state index < -0.39 is 0 Å². The minimum Gasteiger partial charge on any atom is -0.396 e. The maximum absolute atomic E-state index is 11.8. The van der Waals surface area contributed by atoms with Crippen molar-refractivity contribution in [3.8, 4) is 0 Å². The molecule has 0 aliphatic heterocycles. The van der Waals surface area contributed by atoms with E-state index in [1.54, 1.807) is 23.1 Å². The topological polar surface area (TPSA) is 49.3 Å². The van der Waals surface area contributed by atoms with Gasteiger partial charge in [-0.3, -0.25) is 4.79 Å². The summed E-state index contributed by atoms with van der Waals surface area (Å²) in [5, 5.41) is 14.3. The van der Waals surface area contributed by atoms with E-state index >= 15 is 0 Å². The van der Waals surface area contributed by atoms with E-state index in [9.17, 15) is 4.79 Å². The number of amides is 1. The largest absolute Gasteiger partial charge is 0.396 e. The number of rotatable bonds is 5. The number of aliphatic hydroxyl groups is 1. The number of hydrogen-bond donors (Lipinski definition) is 2. The van der Waals surface area contributed by atoms with Crippen molar-refractivity contribution in [1.82, 2.24) is 5.32 Å². The SMILES string of the molecule is O=C(CSc1cccs1)NC1CCCC(CO)C1. The highest BCUT2D eigenvalue weighted by Crippen LogP contribution is 2.25. The Hall–Kier alpha value is -0.520. The lowest BCUT2D eigenvalue weighted by molar-refractivity contribution is -0.119. The molecule has 1 aromatic rings. The number of nitrogens with one attached hydrogen (secondary N) is 1. The maximum Gasteiger partial charge on any atom is 0.230 e. The van der Waals surface area contributed by atoms with Gasteiger partial charge in [0.1, 0.15) is 0 Å². The van der Waals surface area contributed by atoms with Crippen LogP contribution in [0.15, 0.2) is 21.7 Å². The summed E-state index contributed by atoms with van der Waals surface area (Å²) < 4.78 is 1.18. The molecule has 0 saturated heterocycles. The van der Waals surface area contributed by atoms with Gasteiger partial charge in [0.2, 0.25) is 5.91 Å². The van der Waals surface area contributed by atoms with Gasteiger partial charge in [-0.2, -0.15) is 0 Å². The zero-order chi connectivity index (χ0) is 12.8. The van der Waals surface area contributed by atoms with Gasteiger partial charge in [-0.05, 0) is 36.6 Å². The van der Waals surface area contributed by atoms with Crippen LogP contribution in [0.1, 0.15) is 25.7 Å². The van der Waals surface area contributed by atoms with Crippen LogP contribution in [-0.4, -0.2) is 29.4 Å². The van der Waals surface area contributed by atoms with Gasteiger partial charge in [-0.15, -0.1) is 23.1 Å². The van der Waals surface area contributed by atoms with Crippen molar-refractivity contribution in [3.63, 3.8) is 0 Å². The third-order valence-corrected chi connectivity index (χ3v) is 5.38. The highest BCUT2D eigenvalue weighted by atomic mass is 32.2. The van der Waals surface area contributed by atoms with E-state index in [2.05, 4.69) is 5.32 Å². The summed E-state index contributed by atoms with van der Waals surface area (Å²) in [6.07, 6.45) is 4.17. The van der Waals surface area contributed by atoms with Crippen molar-refractivity contribution in [2.24, 2.45) is 5.92 Å². The summed E-state index contributed by atoms with van der Waals surface area (Å²) in [5.74, 6) is 0.965. The fraction of sp³-hybridized carbons (Fsp3) is 0.615. The average molecular weight is 285 g/mol. The average Bonchev–Trinajstić information content (AvgIpc) is 2.90. The molecule has 0 spiro atoms. The maximum atomic E-state index is 11.8. The molecule has 1 aromatic heterocycles. The van der Waals surface area contributed by atoms with Gasteiger partial charge in [-0.25, -0.2) is 0 Å². The van der Waals surface area contributed by atoms with Crippen molar-refractivity contribution in [2.75, 3.05) is 12.4 Å². The number of thioether (sulfide) groups is 1. The standard InChI is InChI=1S/C13H19NO2S2/c15-8-10-3-1-4-11(7-10)14-12(16)9-18-13-5-2-6-17-13/h2,5-6,10-11,15H,1,3-4,7-9H2,(H,14,16). The molecule has 1 fully saturated rings. The Bertz CT molecular complexity index is 367. The van der Waals surface area contributed by atoms with E-state index in [4.69, 9.17) is 5.11 Å². The first-order valence-electron chi connectivity index (χ1n) is 6.34. The first kappa shape index (κ1) is 13.9. The Morgan fingerprint density at radius 3 is 3.17 bits per heavy atom. The van der Waals surface area contributed by atoms with Crippen LogP contribution in [-0.2, 0) is 4.79 Å². The molecule has 1 aliphatic rings.